The highest BCUT2D eigenvalue weighted by molar-refractivity contribution is 5.56. The van der Waals surface area contributed by atoms with Crippen molar-refractivity contribution in [2.75, 3.05) is 6.54 Å². The van der Waals surface area contributed by atoms with Gasteiger partial charge in [-0.15, -0.1) is 0 Å². The lowest BCUT2D eigenvalue weighted by atomic mass is 9.90. The molecule has 0 saturated carbocycles. The molecule has 0 fully saturated rings. The van der Waals surface area contributed by atoms with Crippen molar-refractivity contribution < 1.29 is 0 Å². The smallest absolute Gasteiger partial charge is 0.0858 e. The van der Waals surface area contributed by atoms with Gasteiger partial charge in [0.05, 0.1) is 11.9 Å². The zero-order valence-corrected chi connectivity index (χ0v) is 11.7. The molecule has 0 N–H and O–H groups in total. The summed E-state index contributed by atoms with van der Waals surface area (Å²) in [5.74, 6) is 0.795. The minimum atomic E-state index is 0.107. The first kappa shape index (κ1) is 13.5. The van der Waals surface area contributed by atoms with Gasteiger partial charge in [0, 0.05) is 12.6 Å². The van der Waals surface area contributed by atoms with Crippen molar-refractivity contribution in [2.24, 2.45) is 10.9 Å². The minimum absolute atomic E-state index is 0.107. The quantitative estimate of drug-likeness (QED) is 0.698. The average molecular weight is 224 g/mol. The van der Waals surface area contributed by atoms with E-state index in [9.17, 15) is 0 Å². The Labute approximate surface area is 101 Å². The normalized spacial score (nSPS) is 28.1. The van der Waals surface area contributed by atoms with E-state index in [1.807, 2.05) is 0 Å². The van der Waals surface area contributed by atoms with Gasteiger partial charge < -0.3 is 4.90 Å². The summed E-state index contributed by atoms with van der Waals surface area (Å²) in [4.78, 5) is 7.19. The van der Waals surface area contributed by atoms with Crippen LogP contribution in [0.3, 0.4) is 0 Å². The second-order valence-electron chi connectivity index (χ2n) is 6.00. The molecule has 0 amide bonds. The van der Waals surface area contributed by atoms with Crippen molar-refractivity contribution in [1.29, 1.82) is 0 Å². The number of rotatable bonds is 2. The molecule has 2 unspecified atom stereocenters. The molecule has 1 rings (SSSR count). The molecule has 2 nitrogen and oxygen atoms in total. The predicted molar refractivity (Wildman–Crippen MR) is 72.0 cm³/mol. The maximum absolute atomic E-state index is 4.78. The summed E-state index contributed by atoms with van der Waals surface area (Å²) in [7, 11) is 0. The zero-order valence-electron chi connectivity index (χ0n) is 11.7. The van der Waals surface area contributed by atoms with Gasteiger partial charge in [-0.3, -0.25) is 4.99 Å². The van der Waals surface area contributed by atoms with Gasteiger partial charge in [0.2, 0.25) is 0 Å². The van der Waals surface area contributed by atoms with Crippen LogP contribution in [-0.4, -0.2) is 29.4 Å². The molecule has 2 heteroatoms. The van der Waals surface area contributed by atoms with Gasteiger partial charge in [0.25, 0.3) is 0 Å². The molecule has 0 aromatic heterocycles. The maximum Gasteiger partial charge on any atom is 0.0858 e. The Kier molecular flexibility index (Phi) is 4.82. The molecule has 0 bridgehead atoms. The summed E-state index contributed by atoms with van der Waals surface area (Å²) in [5, 5.41) is 0. The van der Waals surface area contributed by atoms with E-state index in [4.69, 9.17) is 4.99 Å². The van der Waals surface area contributed by atoms with Crippen molar-refractivity contribution in [3.63, 3.8) is 0 Å². The third-order valence-corrected chi connectivity index (χ3v) is 3.67. The van der Waals surface area contributed by atoms with E-state index in [1.54, 1.807) is 0 Å². The van der Waals surface area contributed by atoms with Crippen LogP contribution >= 0.6 is 0 Å². The van der Waals surface area contributed by atoms with Crippen LogP contribution in [-0.2, 0) is 0 Å². The molecule has 1 aliphatic heterocycles. The maximum atomic E-state index is 4.78. The van der Waals surface area contributed by atoms with E-state index in [-0.39, 0.29) is 5.54 Å². The predicted octanol–water partition coefficient (Wildman–Crippen LogP) is 3.71. The number of hydrogen-bond donors (Lipinski definition) is 0. The van der Waals surface area contributed by atoms with Crippen LogP contribution in [0.1, 0.15) is 60.3 Å². The highest BCUT2D eigenvalue weighted by Gasteiger charge is 2.22. The molecule has 0 aromatic carbocycles. The molecular weight excluding hydrogens is 196 g/mol. The first-order valence-corrected chi connectivity index (χ1v) is 6.75. The van der Waals surface area contributed by atoms with Crippen molar-refractivity contribution in [3.8, 4) is 0 Å². The van der Waals surface area contributed by atoms with E-state index in [2.05, 4.69) is 45.9 Å². The first-order chi connectivity index (χ1) is 7.44. The zero-order chi connectivity index (χ0) is 12.2. The minimum Gasteiger partial charge on any atom is -0.360 e. The van der Waals surface area contributed by atoms with E-state index >= 15 is 0 Å². The van der Waals surface area contributed by atoms with Crippen molar-refractivity contribution in [1.82, 2.24) is 4.90 Å². The summed E-state index contributed by atoms with van der Waals surface area (Å²) < 4.78 is 0. The summed E-state index contributed by atoms with van der Waals surface area (Å²) in [5.41, 5.74) is 0.107. The van der Waals surface area contributed by atoms with Gasteiger partial charge in [-0.1, -0.05) is 13.8 Å². The number of nitrogens with zero attached hydrogens (tertiary/aromatic N) is 2. The Morgan fingerprint density at radius 2 is 2.19 bits per heavy atom. The van der Waals surface area contributed by atoms with Crippen LogP contribution in [0.5, 0.6) is 0 Å². The van der Waals surface area contributed by atoms with Gasteiger partial charge in [-0.2, -0.15) is 0 Å². The van der Waals surface area contributed by atoms with Crippen LogP contribution in [0.15, 0.2) is 4.99 Å². The third kappa shape index (κ3) is 4.15. The monoisotopic (exact) mass is 224 g/mol. The summed E-state index contributed by atoms with van der Waals surface area (Å²) in [6.45, 7) is 12.6. The topological polar surface area (TPSA) is 15.6 Å². The van der Waals surface area contributed by atoms with Crippen molar-refractivity contribution in [3.05, 3.63) is 0 Å². The molecule has 1 aliphatic rings. The van der Waals surface area contributed by atoms with Crippen LogP contribution in [0, 0.1) is 5.92 Å². The SMILES string of the molecule is CCC(C)N1C=NC(C)(C)CC(C)CCC1. The van der Waals surface area contributed by atoms with E-state index in [0.29, 0.717) is 6.04 Å². The van der Waals surface area contributed by atoms with E-state index in [0.717, 1.165) is 5.92 Å². The standard InChI is InChI=1S/C14H28N2/c1-6-13(3)16-9-7-8-12(2)10-14(4,5)15-11-16/h11-13H,6-10H2,1-5H3. The van der Waals surface area contributed by atoms with Gasteiger partial charge in [-0.25, -0.2) is 0 Å². The lowest BCUT2D eigenvalue weighted by molar-refractivity contribution is 0.315. The lowest BCUT2D eigenvalue weighted by Crippen LogP contribution is -2.33. The molecule has 16 heavy (non-hydrogen) atoms. The fourth-order valence-corrected chi connectivity index (χ4v) is 2.49. The second kappa shape index (κ2) is 5.70. The molecule has 0 radical (unpaired) electrons. The third-order valence-electron chi connectivity index (χ3n) is 3.67. The molecular formula is C14H28N2. The fourth-order valence-electron chi connectivity index (χ4n) is 2.49. The molecule has 2 atom stereocenters. The Hall–Kier alpha value is -0.530. The Morgan fingerprint density at radius 1 is 1.50 bits per heavy atom. The van der Waals surface area contributed by atoms with Crippen LogP contribution in [0.4, 0.5) is 0 Å². The van der Waals surface area contributed by atoms with Gasteiger partial charge in [0.15, 0.2) is 0 Å². The van der Waals surface area contributed by atoms with Crippen LogP contribution in [0.2, 0.25) is 0 Å². The highest BCUT2D eigenvalue weighted by Crippen LogP contribution is 2.25. The molecule has 94 valence electrons. The van der Waals surface area contributed by atoms with Gasteiger partial charge in [0.1, 0.15) is 0 Å². The number of aliphatic imine (C=N–C) groups is 1. The summed E-state index contributed by atoms with van der Waals surface area (Å²) in [6, 6.07) is 0.618. The van der Waals surface area contributed by atoms with Gasteiger partial charge in [-0.05, 0) is 52.4 Å². The van der Waals surface area contributed by atoms with Crippen LogP contribution < -0.4 is 0 Å². The Balaban J connectivity index is 2.73. The Bertz CT molecular complexity index is 233. The molecule has 1 heterocycles. The Morgan fingerprint density at radius 3 is 2.81 bits per heavy atom. The fraction of sp³-hybridized carbons (Fsp3) is 0.929. The molecule has 0 saturated heterocycles. The van der Waals surface area contributed by atoms with Gasteiger partial charge >= 0.3 is 0 Å². The van der Waals surface area contributed by atoms with Crippen molar-refractivity contribution in [2.45, 2.75) is 71.9 Å². The molecule has 0 spiro atoms. The highest BCUT2D eigenvalue weighted by atomic mass is 15.2. The second-order valence-corrected chi connectivity index (χ2v) is 6.00. The first-order valence-electron chi connectivity index (χ1n) is 6.75. The largest absolute Gasteiger partial charge is 0.360 e. The van der Waals surface area contributed by atoms with E-state index < -0.39 is 0 Å². The number of hydrogen-bond acceptors (Lipinski definition) is 2. The summed E-state index contributed by atoms with van der Waals surface area (Å²) >= 11 is 0. The van der Waals surface area contributed by atoms with Crippen molar-refractivity contribution >= 4 is 6.34 Å². The average Bonchev–Trinajstić information content (AvgIpc) is 2.26. The molecule has 0 aromatic rings. The van der Waals surface area contributed by atoms with Crippen LogP contribution in [0.25, 0.3) is 0 Å². The summed E-state index contributed by atoms with van der Waals surface area (Å²) in [6.07, 6.45) is 7.14. The van der Waals surface area contributed by atoms with E-state index in [1.165, 1.54) is 32.2 Å². The lowest BCUT2D eigenvalue weighted by Gasteiger charge is -2.27. The molecule has 0 aliphatic carbocycles.